The van der Waals surface area contributed by atoms with Gasteiger partial charge in [-0.1, -0.05) is 6.07 Å². The molecule has 5 rings (SSSR count). The maximum absolute atomic E-state index is 13.4. The number of anilines is 2. The van der Waals surface area contributed by atoms with E-state index in [9.17, 15) is 18.8 Å². The average molecular weight is 550 g/mol. The SMILES string of the molecule is NC1CCC(NC(=O)c2ccc(N3CCN(C(=O)c4cccs4)CC3)c(NC(=O)c3ccc(F)cc3)c2)CC1. The van der Waals surface area contributed by atoms with Gasteiger partial charge >= 0.3 is 0 Å². The van der Waals surface area contributed by atoms with Gasteiger partial charge in [-0.3, -0.25) is 14.4 Å². The fourth-order valence-corrected chi connectivity index (χ4v) is 5.78. The molecule has 204 valence electrons. The van der Waals surface area contributed by atoms with Crippen LogP contribution in [0.25, 0.3) is 0 Å². The summed E-state index contributed by atoms with van der Waals surface area (Å²) in [5.41, 5.74) is 7.99. The van der Waals surface area contributed by atoms with E-state index < -0.39 is 11.7 Å². The van der Waals surface area contributed by atoms with E-state index in [4.69, 9.17) is 5.73 Å². The van der Waals surface area contributed by atoms with Crippen LogP contribution in [0.1, 0.15) is 56.1 Å². The first-order valence-corrected chi connectivity index (χ1v) is 14.1. The van der Waals surface area contributed by atoms with Gasteiger partial charge < -0.3 is 26.2 Å². The van der Waals surface area contributed by atoms with E-state index in [-0.39, 0.29) is 23.9 Å². The quantitative estimate of drug-likeness (QED) is 0.429. The highest BCUT2D eigenvalue weighted by Gasteiger charge is 2.26. The van der Waals surface area contributed by atoms with Gasteiger partial charge in [-0.15, -0.1) is 11.3 Å². The van der Waals surface area contributed by atoms with E-state index in [0.717, 1.165) is 31.4 Å². The van der Waals surface area contributed by atoms with E-state index in [0.29, 0.717) is 47.9 Å². The molecule has 0 bridgehead atoms. The van der Waals surface area contributed by atoms with Crippen molar-refractivity contribution in [2.24, 2.45) is 5.73 Å². The fourth-order valence-electron chi connectivity index (χ4n) is 5.09. The standard InChI is InChI=1S/C29H32FN5O3S/c30-21-6-3-19(4-7-21)27(36)33-24-18-20(28(37)32-23-10-8-22(31)9-11-23)5-12-25(24)34-13-15-35(16-14-34)29(38)26-2-1-17-39-26/h1-7,12,17-18,22-23H,8-11,13-16,31H2,(H,32,37)(H,33,36). The number of carbonyl (C=O) groups excluding carboxylic acids is 3. The topological polar surface area (TPSA) is 108 Å². The van der Waals surface area contributed by atoms with Crippen molar-refractivity contribution >= 4 is 40.4 Å². The molecular weight excluding hydrogens is 517 g/mol. The summed E-state index contributed by atoms with van der Waals surface area (Å²) in [6.07, 6.45) is 3.44. The largest absolute Gasteiger partial charge is 0.366 e. The molecule has 39 heavy (non-hydrogen) atoms. The average Bonchev–Trinajstić information content (AvgIpc) is 3.49. The molecule has 2 aliphatic rings. The second-order valence-corrected chi connectivity index (χ2v) is 11.0. The van der Waals surface area contributed by atoms with Crippen LogP contribution < -0.4 is 21.3 Å². The number of thiophene rings is 1. The van der Waals surface area contributed by atoms with Crippen LogP contribution in [-0.2, 0) is 0 Å². The number of piperazine rings is 1. The molecule has 1 saturated heterocycles. The zero-order chi connectivity index (χ0) is 27.4. The summed E-state index contributed by atoms with van der Waals surface area (Å²) in [5, 5.41) is 7.91. The number of nitrogens with zero attached hydrogens (tertiary/aromatic N) is 2. The van der Waals surface area contributed by atoms with Crippen molar-refractivity contribution in [3.8, 4) is 0 Å². The van der Waals surface area contributed by atoms with Crippen molar-refractivity contribution in [2.45, 2.75) is 37.8 Å². The van der Waals surface area contributed by atoms with Crippen molar-refractivity contribution in [2.75, 3.05) is 36.4 Å². The monoisotopic (exact) mass is 549 g/mol. The fraction of sp³-hybridized carbons (Fsp3) is 0.345. The van der Waals surface area contributed by atoms with Gasteiger partial charge in [-0.2, -0.15) is 0 Å². The Morgan fingerprint density at radius 1 is 0.872 bits per heavy atom. The Morgan fingerprint density at radius 3 is 2.23 bits per heavy atom. The lowest BCUT2D eigenvalue weighted by Crippen LogP contribution is -2.48. The van der Waals surface area contributed by atoms with Crippen molar-refractivity contribution in [1.82, 2.24) is 10.2 Å². The number of halogens is 1. The first-order valence-electron chi connectivity index (χ1n) is 13.2. The van der Waals surface area contributed by atoms with Crippen LogP contribution in [0, 0.1) is 5.82 Å². The molecule has 0 spiro atoms. The molecular formula is C29H32FN5O3S. The molecule has 0 atom stereocenters. The zero-order valence-corrected chi connectivity index (χ0v) is 22.4. The number of carbonyl (C=O) groups is 3. The molecule has 10 heteroatoms. The van der Waals surface area contributed by atoms with E-state index in [1.807, 2.05) is 28.5 Å². The Bertz CT molecular complexity index is 1320. The maximum Gasteiger partial charge on any atom is 0.264 e. The molecule has 1 aliphatic heterocycles. The number of benzene rings is 2. The van der Waals surface area contributed by atoms with Crippen molar-refractivity contribution in [3.05, 3.63) is 81.8 Å². The van der Waals surface area contributed by atoms with Gasteiger partial charge in [0.25, 0.3) is 17.7 Å². The summed E-state index contributed by atoms with van der Waals surface area (Å²) in [6, 6.07) is 14.5. The van der Waals surface area contributed by atoms with Gasteiger partial charge in [0, 0.05) is 49.4 Å². The number of nitrogens with one attached hydrogen (secondary N) is 2. The van der Waals surface area contributed by atoms with Gasteiger partial charge in [-0.25, -0.2) is 4.39 Å². The molecule has 2 fully saturated rings. The predicted molar refractivity (Wildman–Crippen MR) is 151 cm³/mol. The van der Waals surface area contributed by atoms with E-state index in [1.165, 1.54) is 35.6 Å². The Hall–Kier alpha value is -3.76. The maximum atomic E-state index is 13.4. The second kappa shape index (κ2) is 12.0. The third kappa shape index (κ3) is 6.46. The van der Waals surface area contributed by atoms with Crippen molar-refractivity contribution in [3.63, 3.8) is 0 Å². The molecule has 2 heterocycles. The number of hydrogen-bond acceptors (Lipinski definition) is 6. The highest BCUT2D eigenvalue weighted by molar-refractivity contribution is 7.12. The van der Waals surface area contributed by atoms with Crippen LogP contribution >= 0.6 is 11.3 Å². The number of rotatable bonds is 6. The molecule has 3 aromatic rings. The Morgan fingerprint density at radius 2 is 1.56 bits per heavy atom. The Kier molecular flexibility index (Phi) is 8.23. The van der Waals surface area contributed by atoms with Gasteiger partial charge in [0.2, 0.25) is 0 Å². The van der Waals surface area contributed by atoms with Crippen LogP contribution in [0.15, 0.2) is 60.0 Å². The minimum atomic E-state index is -0.426. The van der Waals surface area contributed by atoms with Crippen LogP contribution in [0.5, 0.6) is 0 Å². The van der Waals surface area contributed by atoms with Gasteiger partial charge in [0.15, 0.2) is 0 Å². The molecule has 4 N–H and O–H groups in total. The third-order valence-electron chi connectivity index (χ3n) is 7.36. The molecule has 0 unspecified atom stereocenters. The second-order valence-electron chi connectivity index (χ2n) is 10.0. The van der Waals surface area contributed by atoms with E-state index >= 15 is 0 Å². The number of amides is 3. The lowest BCUT2D eigenvalue weighted by Gasteiger charge is -2.37. The minimum Gasteiger partial charge on any atom is -0.366 e. The smallest absolute Gasteiger partial charge is 0.264 e. The molecule has 1 aromatic heterocycles. The Balaban J connectivity index is 1.34. The first-order chi connectivity index (χ1) is 18.9. The predicted octanol–water partition coefficient (Wildman–Crippen LogP) is 4.10. The van der Waals surface area contributed by atoms with Gasteiger partial charge in [-0.05, 0) is 79.6 Å². The normalized spacial score (nSPS) is 19.4. The zero-order valence-electron chi connectivity index (χ0n) is 21.6. The van der Waals surface area contributed by atoms with E-state index in [1.54, 1.807) is 12.1 Å². The first kappa shape index (κ1) is 26.8. The number of hydrogen-bond donors (Lipinski definition) is 3. The summed E-state index contributed by atoms with van der Waals surface area (Å²) >= 11 is 1.43. The summed E-state index contributed by atoms with van der Waals surface area (Å²) < 4.78 is 13.4. The summed E-state index contributed by atoms with van der Waals surface area (Å²) in [5.74, 6) is -1.01. The van der Waals surface area contributed by atoms with Crippen molar-refractivity contribution in [1.29, 1.82) is 0 Å². The van der Waals surface area contributed by atoms with Gasteiger partial charge in [0.1, 0.15) is 5.82 Å². The third-order valence-corrected chi connectivity index (χ3v) is 8.22. The summed E-state index contributed by atoms with van der Waals surface area (Å²) in [7, 11) is 0. The highest BCUT2D eigenvalue weighted by atomic mass is 32.1. The van der Waals surface area contributed by atoms with Crippen LogP contribution in [0.3, 0.4) is 0 Å². The highest BCUT2D eigenvalue weighted by Crippen LogP contribution is 2.30. The molecule has 1 saturated carbocycles. The lowest BCUT2D eigenvalue weighted by atomic mass is 9.91. The summed E-state index contributed by atoms with van der Waals surface area (Å²) in [6.45, 7) is 2.22. The molecule has 8 nitrogen and oxygen atoms in total. The Labute approximate surface area is 231 Å². The minimum absolute atomic E-state index is 0.0187. The van der Waals surface area contributed by atoms with Gasteiger partial charge in [0.05, 0.1) is 16.3 Å². The molecule has 3 amide bonds. The molecule has 1 aliphatic carbocycles. The number of nitrogens with two attached hydrogens (primary N) is 1. The molecule has 0 radical (unpaired) electrons. The van der Waals surface area contributed by atoms with Crippen LogP contribution in [0.2, 0.25) is 0 Å². The van der Waals surface area contributed by atoms with Crippen LogP contribution in [0.4, 0.5) is 15.8 Å². The lowest BCUT2D eigenvalue weighted by molar-refractivity contribution is 0.0751. The molecule has 2 aromatic carbocycles. The van der Waals surface area contributed by atoms with Crippen LogP contribution in [-0.4, -0.2) is 60.9 Å². The van der Waals surface area contributed by atoms with Crippen molar-refractivity contribution < 1.29 is 18.8 Å². The van der Waals surface area contributed by atoms with E-state index in [2.05, 4.69) is 15.5 Å². The summed E-state index contributed by atoms with van der Waals surface area (Å²) in [4.78, 5) is 43.6.